The van der Waals surface area contributed by atoms with E-state index in [0.29, 0.717) is 6.04 Å². The lowest BCUT2D eigenvalue weighted by Gasteiger charge is -2.32. The molecule has 0 amide bonds. The van der Waals surface area contributed by atoms with Crippen LogP contribution in [0.4, 0.5) is 0 Å². The summed E-state index contributed by atoms with van der Waals surface area (Å²) in [5.41, 5.74) is 3.54. The molecule has 2 fully saturated rings. The van der Waals surface area contributed by atoms with E-state index in [1.807, 2.05) is 24.4 Å². The van der Waals surface area contributed by atoms with Crippen LogP contribution in [0.5, 0.6) is 5.75 Å². The number of methoxy groups -OCH3 is 1. The zero-order chi connectivity index (χ0) is 21.9. The average Bonchev–Trinajstić information content (AvgIpc) is 3.45. The van der Waals surface area contributed by atoms with Crippen molar-refractivity contribution in [2.45, 2.75) is 56.8 Å². The summed E-state index contributed by atoms with van der Waals surface area (Å²) in [4.78, 5) is 7.01. The first-order chi connectivity index (χ1) is 15.7. The van der Waals surface area contributed by atoms with Crippen LogP contribution in [0.15, 0.2) is 67.0 Å². The van der Waals surface area contributed by atoms with E-state index in [1.165, 1.54) is 43.4 Å². The highest BCUT2D eigenvalue weighted by Crippen LogP contribution is 2.42. The number of rotatable bonds is 6. The van der Waals surface area contributed by atoms with Gasteiger partial charge in [-0.3, -0.25) is 4.98 Å². The van der Waals surface area contributed by atoms with Crippen molar-refractivity contribution < 1.29 is 4.74 Å². The molecule has 2 aromatic heterocycles. The van der Waals surface area contributed by atoms with Crippen molar-refractivity contribution in [2.24, 2.45) is 0 Å². The molecule has 0 unspecified atom stereocenters. The molecule has 1 saturated carbocycles. The fourth-order valence-electron chi connectivity index (χ4n) is 5.17. The van der Waals surface area contributed by atoms with Crippen molar-refractivity contribution in [3.05, 3.63) is 83.9 Å². The second-order valence-electron chi connectivity index (χ2n) is 8.73. The van der Waals surface area contributed by atoms with E-state index in [4.69, 9.17) is 17.0 Å². The monoisotopic (exact) mass is 446 g/mol. The Labute approximate surface area is 195 Å². The Hall–Kier alpha value is -2.86. The molecular weight excluding hydrogens is 416 g/mol. The van der Waals surface area contributed by atoms with Gasteiger partial charge in [0, 0.05) is 30.7 Å². The van der Waals surface area contributed by atoms with Crippen LogP contribution in [0.3, 0.4) is 0 Å². The lowest BCUT2D eigenvalue weighted by Crippen LogP contribution is -2.30. The summed E-state index contributed by atoms with van der Waals surface area (Å²) in [6, 6.07) is 19.5. The largest absolute Gasteiger partial charge is 0.497 e. The molecule has 32 heavy (non-hydrogen) atoms. The number of pyridine rings is 1. The number of nitrogens with zero attached hydrogens (tertiary/aromatic N) is 3. The Balaban J connectivity index is 1.52. The number of hydrogen-bond acceptors (Lipinski definition) is 3. The Bertz CT molecular complexity index is 1040. The predicted molar refractivity (Wildman–Crippen MR) is 131 cm³/mol. The van der Waals surface area contributed by atoms with Gasteiger partial charge < -0.3 is 19.5 Å². The zero-order valence-electron chi connectivity index (χ0n) is 18.5. The van der Waals surface area contributed by atoms with Gasteiger partial charge in [-0.2, -0.15) is 0 Å². The molecule has 2 atom stereocenters. The average molecular weight is 447 g/mol. The van der Waals surface area contributed by atoms with Crippen LogP contribution in [0.25, 0.3) is 0 Å². The highest BCUT2D eigenvalue weighted by Gasteiger charge is 2.41. The Kier molecular flexibility index (Phi) is 6.12. The van der Waals surface area contributed by atoms with Crippen molar-refractivity contribution in [1.82, 2.24) is 19.8 Å². The van der Waals surface area contributed by atoms with Crippen molar-refractivity contribution in [3.8, 4) is 5.75 Å². The first kappa shape index (κ1) is 21.0. The predicted octanol–water partition coefficient (Wildman–Crippen LogP) is 5.57. The van der Waals surface area contributed by atoms with Gasteiger partial charge in [0.25, 0.3) is 0 Å². The molecule has 1 saturated heterocycles. The summed E-state index contributed by atoms with van der Waals surface area (Å²) >= 11 is 5.87. The van der Waals surface area contributed by atoms with Crippen LogP contribution in [0.2, 0.25) is 0 Å². The summed E-state index contributed by atoms with van der Waals surface area (Å²) < 4.78 is 7.85. The van der Waals surface area contributed by atoms with Crippen LogP contribution >= 0.6 is 12.2 Å². The third-order valence-electron chi connectivity index (χ3n) is 6.79. The molecule has 1 aliphatic heterocycles. The minimum absolute atomic E-state index is 0.0131. The van der Waals surface area contributed by atoms with Crippen molar-refractivity contribution in [2.75, 3.05) is 7.11 Å². The molecule has 0 bridgehead atoms. The normalized spacial score (nSPS) is 21.5. The molecule has 3 heterocycles. The first-order valence-electron chi connectivity index (χ1n) is 11.5. The van der Waals surface area contributed by atoms with E-state index in [2.05, 4.69) is 62.4 Å². The standard InChI is InChI=1S/C26H30N4OS/c1-31-21-14-12-19(13-15-21)18-30-25(24(28-26(30)32)22-10-5-6-16-27-22)23-11-7-17-29(23)20-8-3-2-4-9-20/h5-7,10-17,20,24-25H,2-4,8-9,18H2,1H3,(H,28,32)/t24-,25+/m1/s1. The summed E-state index contributed by atoms with van der Waals surface area (Å²) in [6.45, 7) is 0.736. The third kappa shape index (κ3) is 4.11. The van der Waals surface area contributed by atoms with E-state index >= 15 is 0 Å². The number of ether oxygens (including phenoxy) is 1. The zero-order valence-corrected chi connectivity index (χ0v) is 19.3. The van der Waals surface area contributed by atoms with E-state index in [1.54, 1.807) is 7.11 Å². The SMILES string of the molecule is COc1ccc(CN2C(=S)N[C@H](c3ccccn3)[C@@H]2c2cccn2C2CCCCC2)cc1. The Morgan fingerprint density at radius 3 is 2.56 bits per heavy atom. The second-order valence-corrected chi connectivity index (χ2v) is 9.12. The van der Waals surface area contributed by atoms with Crippen LogP contribution in [0.1, 0.15) is 67.2 Å². The number of thiocarbonyl (C=S) groups is 1. The lowest BCUT2D eigenvalue weighted by molar-refractivity contribution is 0.275. The van der Waals surface area contributed by atoms with Gasteiger partial charge in [-0.25, -0.2) is 0 Å². The smallest absolute Gasteiger partial charge is 0.170 e. The van der Waals surface area contributed by atoms with Gasteiger partial charge in [0.2, 0.25) is 0 Å². The fourth-order valence-corrected chi connectivity index (χ4v) is 5.48. The Morgan fingerprint density at radius 2 is 1.84 bits per heavy atom. The van der Waals surface area contributed by atoms with Crippen LogP contribution in [-0.2, 0) is 6.54 Å². The molecule has 3 aromatic rings. The fraction of sp³-hybridized carbons (Fsp3) is 0.385. The maximum Gasteiger partial charge on any atom is 0.170 e. The number of hydrogen-bond donors (Lipinski definition) is 1. The first-order valence-corrected chi connectivity index (χ1v) is 11.9. The van der Waals surface area contributed by atoms with E-state index in [0.717, 1.165) is 23.1 Å². The lowest BCUT2D eigenvalue weighted by atomic mass is 9.94. The van der Waals surface area contributed by atoms with Gasteiger partial charge >= 0.3 is 0 Å². The minimum atomic E-state index is 0.0131. The molecule has 0 radical (unpaired) electrons. The molecule has 5 nitrogen and oxygen atoms in total. The number of benzene rings is 1. The molecular formula is C26H30N4OS. The van der Waals surface area contributed by atoms with Crippen LogP contribution < -0.4 is 10.1 Å². The summed E-state index contributed by atoms with van der Waals surface area (Å²) in [7, 11) is 1.70. The molecule has 2 aliphatic rings. The summed E-state index contributed by atoms with van der Waals surface area (Å²) in [5.74, 6) is 0.866. The highest BCUT2D eigenvalue weighted by atomic mass is 32.1. The maximum absolute atomic E-state index is 5.87. The van der Waals surface area contributed by atoms with Crippen molar-refractivity contribution in [3.63, 3.8) is 0 Å². The van der Waals surface area contributed by atoms with E-state index in [9.17, 15) is 0 Å². The molecule has 1 aromatic carbocycles. The van der Waals surface area contributed by atoms with Gasteiger partial charge in [-0.05, 0) is 67.0 Å². The molecule has 6 heteroatoms. The minimum Gasteiger partial charge on any atom is -0.497 e. The Morgan fingerprint density at radius 1 is 1.03 bits per heavy atom. The topological polar surface area (TPSA) is 42.3 Å². The maximum atomic E-state index is 5.87. The van der Waals surface area contributed by atoms with Crippen LogP contribution in [0, 0.1) is 0 Å². The van der Waals surface area contributed by atoms with Gasteiger partial charge in [0.1, 0.15) is 5.75 Å². The van der Waals surface area contributed by atoms with E-state index in [-0.39, 0.29) is 12.1 Å². The number of nitrogens with one attached hydrogen (secondary N) is 1. The van der Waals surface area contributed by atoms with Gasteiger partial charge in [-0.1, -0.05) is 37.5 Å². The van der Waals surface area contributed by atoms with Crippen molar-refractivity contribution >= 4 is 17.3 Å². The summed E-state index contributed by atoms with van der Waals surface area (Å²) in [6.07, 6.45) is 10.6. The van der Waals surface area contributed by atoms with Gasteiger partial charge in [0.05, 0.1) is 24.9 Å². The molecule has 0 spiro atoms. The molecule has 1 N–H and O–H groups in total. The van der Waals surface area contributed by atoms with Crippen molar-refractivity contribution in [1.29, 1.82) is 0 Å². The quantitative estimate of drug-likeness (QED) is 0.502. The molecule has 1 aliphatic carbocycles. The number of aromatic nitrogens is 2. The van der Waals surface area contributed by atoms with E-state index < -0.39 is 0 Å². The highest BCUT2D eigenvalue weighted by molar-refractivity contribution is 7.80. The molecule has 5 rings (SSSR count). The van der Waals surface area contributed by atoms with Gasteiger partial charge in [0.15, 0.2) is 5.11 Å². The van der Waals surface area contributed by atoms with Gasteiger partial charge in [-0.15, -0.1) is 0 Å². The summed E-state index contributed by atoms with van der Waals surface area (Å²) in [5, 5.41) is 4.36. The third-order valence-corrected chi connectivity index (χ3v) is 7.15. The van der Waals surface area contributed by atoms with Crippen LogP contribution in [-0.4, -0.2) is 26.7 Å². The molecule has 166 valence electrons. The second kappa shape index (κ2) is 9.33.